The molecule has 0 bridgehead atoms. The van der Waals surface area contributed by atoms with Crippen LogP contribution in [0.4, 0.5) is 4.79 Å². The number of barbiturate groups is 1. The molecule has 1 aliphatic heterocycles. The first-order valence-electron chi connectivity index (χ1n) is 5.85. The molecule has 0 radical (unpaired) electrons. The number of imide groups is 2. The summed E-state index contributed by atoms with van der Waals surface area (Å²) in [6.45, 7) is 4.22. The lowest BCUT2D eigenvalue weighted by atomic mass is 10.0. The van der Waals surface area contributed by atoms with Crippen molar-refractivity contribution >= 4 is 29.6 Å². The molecule has 1 N–H and O–H groups in total. The Morgan fingerprint density at radius 2 is 2.00 bits per heavy atom. The number of amides is 4. The summed E-state index contributed by atoms with van der Waals surface area (Å²) in [6.07, 6.45) is 1.19. The molecule has 0 spiro atoms. The van der Waals surface area contributed by atoms with Gasteiger partial charge in [-0.1, -0.05) is 13.8 Å². The Balaban J connectivity index is 2.54. The predicted octanol–water partition coefficient (Wildman–Crippen LogP) is 1.23. The Kier molecular flexibility index (Phi) is 5.47. The highest BCUT2D eigenvalue weighted by molar-refractivity contribution is 7.99. The number of rotatable bonds is 6. The molecule has 1 heterocycles. The topological polar surface area (TPSA) is 66.5 Å². The van der Waals surface area contributed by atoms with Gasteiger partial charge >= 0.3 is 6.03 Å². The molecule has 1 rings (SSSR count). The van der Waals surface area contributed by atoms with E-state index in [0.717, 1.165) is 22.8 Å². The molecule has 5 nitrogen and oxygen atoms in total. The number of thioether (sulfide) groups is 1. The smallest absolute Gasteiger partial charge is 0.277 e. The van der Waals surface area contributed by atoms with E-state index in [2.05, 4.69) is 12.2 Å². The van der Waals surface area contributed by atoms with Gasteiger partial charge in [0.05, 0.1) is 0 Å². The van der Waals surface area contributed by atoms with Crippen LogP contribution in [-0.2, 0) is 9.59 Å². The third-order valence-electron chi connectivity index (χ3n) is 2.64. The van der Waals surface area contributed by atoms with Crippen LogP contribution in [0.1, 0.15) is 26.7 Å². The quantitative estimate of drug-likeness (QED) is 0.575. The first kappa shape index (κ1) is 14.0. The van der Waals surface area contributed by atoms with Crippen molar-refractivity contribution in [2.24, 2.45) is 5.92 Å². The first-order valence-corrected chi connectivity index (χ1v) is 7.01. The van der Waals surface area contributed by atoms with Gasteiger partial charge in [0, 0.05) is 6.54 Å². The zero-order valence-corrected chi connectivity index (χ0v) is 11.0. The fourth-order valence-corrected chi connectivity index (χ4v) is 2.32. The number of carbonyl (C=O) groups excluding carboxylic acids is 3. The summed E-state index contributed by atoms with van der Waals surface area (Å²) >= 11 is 1.77. The van der Waals surface area contributed by atoms with Crippen molar-refractivity contribution in [3.63, 3.8) is 0 Å². The molecule has 1 saturated heterocycles. The van der Waals surface area contributed by atoms with E-state index < -0.39 is 17.9 Å². The van der Waals surface area contributed by atoms with Gasteiger partial charge in [0.15, 0.2) is 0 Å². The summed E-state index contributed by atoms with van der Waals surface area (Å²) in [5, 5.41) is 2.22. The lowest BCUT2D eigenvalue weighted by Gasteiger charge is -2.29. The Bertz CT molecular complexity index is 320. The standard InChI is InChI=1S/C11H18N2O3S/c1-3-8-9(14)12-11(16)13(10(8)15)6-5-7-17-4-2/h8H,3-7H2,1-2H3,(H,12,14,16). The molecule has 1 aliphatic rings. The van der Waals surface area contributed by atoms with E-state index in [1.165, 1.54) is 0 Å². The maximum absolute atomic E-state index is 11.9. The molecule has 0 aliphatic carbocycles. The monoisotopic (exact) mass is 258 g/mol. The maximum Gasteiger partial charge on any atom is 0.330 e. The van der Waals surface area contributed by atoms with Gasteiger partial charge < -0.3 is 0 Å². The molecule has 1 atom stereocenters. The molecule has 1 unspecified atom stereocenters. The largest absolute Gasteiger partial charge is 0.330 e. The van der Waals surface area contributed by atoms with Gasteiger partial charge in [-0.2, -0.15) is 11.8 Å². The minimum absolute atomic E-state index is 0.359. The number of urea groups is 1. The Morgan fingerprint density at radius 1 is 1.29 bits per heavy atom. The number of carbonyl (C=O) groups is 3. The van der Waals surface area contributed by atoms with Crippen molar-refractivity contribution in [3.05, 3.63) is 0 Å². The lowest BCUT2D eigenvalue weighted by Crippen LogP contribution is -2.57. The fraction of sp³-hybridized carbons (Fsp3) is 0.727. The van der Waals surface area contributed by atoms with Crippen LogP contribution in [-0.4, -0.2) is 40.8 Å². The molecule has 96 valence electrons. The number of nitrogens with zero attached hydrogens (tertiary/aromatic N) is 1. The minimum atomic E-state index is -0.702. The van der Waals surface area contributed by atoms with Crippen LogP contribution in [0, 0.1) is 5.92 Å². The Labute approximate surface area is 105 Å². The molecule has 0 aromatic heterocycles. The maximum atomic E-state index is 11.9. The average molecular weight is 258 g/mol. The summed E-state index contributed by atoms with van der Waals surface area (Å²) in [7, 11) is 0. The van der Waals surface area contributed by atoms with Gasteiger partial charge in [-0.3, -0.25) is 19.8 Å². The van der Waals surface area contributed by atoms with Crippen molar-refractivity contribution in [1.29, 1.82) is 0 Å². The lowest BCUT2D eigenvalue weighted by molar-refractivity contribution is -0.142. The van der Waals surface area contributed by atoms with Crippen LogP contribution in [0.3, 0.4) is 0 Å². The molecule has 17 heavy (non-hydrogen) atoms. The predicted molar refractivity (Wildman–Crippen MR) is 66.6 cm³/mol. The van der Waals surface area contributed by atoms with Crippen molar-refractivity contribution in [3.8, 4) is 0 Å². The van der Waals surface area contributed by atoms with E-state index in [9.17, 15) is 14.4 Å². The second kappa shape index (κ2) is 6.64. The highest BCUT2D eigenvalue weighted by Gasteiger charge is 2.38. The van der Waals surface area contributed by atoms with Gasteiger partial charge in [0.1, 0.15) is 5.92 Å². The van der Waals surface area contributed by atoms with Crippen LogP contribution in [0.25, 0.3) is 0 Å². The van der Waals surface area contributed by atoms with E-state index in [1.54, 1.807) is 18.7 Å². The summed E-state index contributed by atoms with van der Waals surface area (Å²) in [5.41, 5.74) is 0. The number of hydrogen-bond donors (Lipinski definition) is 1. The second-order valence-corrected chi connectivity index (χ2v) is 5.19. The third kappa shape index (κ3) is 3.46. The Morgan fingerprint density at radius 3 is 2.59 bits per heavy atom. The van der Waals surface area contributed by atoms with Gasteiger partial charge in [-0.05, 0) is 24.3 Å². The number of nitrogens with one attached hydrogen (secondary N) is 1. The van der Waals surface area contributed by atoms with Crippen LogP contribution in [0.15, 0.2) is 0 Å². The van der Waals surface area contributed by atoms with E-state index >= 15 is 0 Å². The van der Waals surface area contributed by atoms with Gasteiger partial charge in [0.2, 0.25) is 11.8 Å². The molecule has 0 saturated carbocycles. The van der Waals surface area contributed by atoms with Crippen molar-refractivity contribution in [2.45, 2.75) is 26.7 Å². The molecule has 4 amide bonds. The zero-order valence-electron chi connectivity index (χ0n) is 10.2. The Hall–Kier alpha value is -1.04. The van der Waals surface area contributed by atoms with Gasteiger partial charge in [-0.15, -0.1) is 0 Å². The van der Waals surface area contributed by atoms with Crippen LogP contribution < -0.4 is 5.32 Å². The minimum Gasteiger partial charge on any atom is -0.277 e. The average Bonchev–Trinajstić information content (AvgIpc) is 2.28. The summed E-state index contributed by atoms with van der Waals surface area (Å²) in [6, 6.07) is -0.578. The third-order valence-corrected chi connectivity index (χ3v) is 3.62. The van der Waals surface area contributed by atoms with Crippen LogP contribution in [0.5, 0.6) is 0 Å². The van der Waals surface area contributed by atoms with Crippen molar-refractivity contribution in [2.75, 3.05) is 18.1 Å². The number of hydrogen-bond acceptors (Lipinski definition) is 4. The second-order valence-electron chi connectivity index (χ2n) is 3.80. The van der Waals surface area contributed by atoms with Crippen molar-refractivity contribution in [1.82, 2.24) is 10.2 Å². The molecule has 0 aromatic rings. The molecule has 0 aromatic carbocycles. The SMILES string of the molecule is CCSCCCN1C(=O)NC(=O)C(CC)C1=O. The fourth-order valence-electron chi connectivity index (χ4n) is 1.70. The highest BCUT2D eigenvalue weighted by atomic mass is 32.2. The summed E-state index contributed by atoms with van der Waals surface area (Å²) in [5.74, 6) is 0.407. The molecule has 6 heteroatoms. The van der Waals surface area contributed by atoms with Crippen LogP contribution in [0.2, 0.25) is 0 Å². The van der Waals surface area contributed by atoms with Crippen molar-refractivity contribution < 1.29 is 14.4 Å². The summed E-state index contributed by atoms with van der Waals surface area (Å²) in [4.78, 5) is 35.9. The molecular formula is C11H18N2O3S. The van der Waals surface area contributed by atoms with Gasteiger partial charge in [0.25, 0.3) is 0 Å². The first-order chi connectivity index (χ1) is 8.11. The zero-order chi connectivity index (χ0) is 12.8. The van der Waals surface area contributed by atoms with E-state index in [0.29, 0.717) is 13.0 Å². The van der Waals surface area contributed by atoms with E-state index in [-0.39, 0.29) is 5.91 Å². The van der Waals surface area contributed by atoms with Crippen LogP contribution >= 0.6 is 11.8 Å². The molecular weight excluding hydrogens is 240 g/mol. The summed E-state index contributed by atoms with van der Waals surface area (Å²) < 4.78 is 0. The highest BCUT2D eigenvalue weighted by Crippen LogP contribution is 2.14. The molecule has 1 fully saturated rings. The van der Waals surface area contributed by atoms with E-state index in [1.807, 2.05) is 0 Å². The van der Waals surface area contributed by atoms with Gasteiger partial charge in [-0.25, -0.2) is 4.79 Å². The van der Waals surface area contributed by atoms with E-state index in [4.69, 9.17) is 0 Å². The normalized spacial score (nSPS) is 20.7.